The lowest BCUT2D eigenvalue weighted by molar-refractivity contribution is 0.199. The highest BCUT2D eigenvalue weighted by molar-refractivity contribution is 5.91. The predicted molar refractivity (Wildman–Crippen MR) is 62.5 cm³/mol. The third-order valence-electron chi connectivity index (χ3n) is 2.43. The van der Waals surface area contributed by atoms with Crippen LogP contribution in [0.2, 0.25) is 0 Å². The zero-order valence-electron chi connectivity index (χ0n) is 9.73. The van der Waals surface area contributed by atoms with Gasteiger partial charge in [-0.1, -0.05) is 6.58 Å². The van der Waals surface area contributed by atoms with Crippen LogP contribution in [0.25, 0.3) is 0 Å². The molecular formula is C12H13NO4. The number of anilines is 1. The van der Waals surface area contributed by atoms with Crippen molar-refractivity contribution in [2.75, 3.05) is 25.7 Å². The molecule has 2 rings (SSSR count). The van der Waals surface area contributed by atoms with Crippen molar-refractivity contribution in [2.45, 2.75) is 0 Å². The lowest BCUT2D eigenvalue weighted by Crippen LogP contribution is -2.23. The molecule has 0 aliphatic carbocycles. The molecule has 0 unspecified atom stereocenters. The Hall–Kier alpha value is -2.17. The molecule has 0 aromatic heterocycles. The van der Waals surface area contributed by atoms with Crippen LogP contribution >= 0.6 is 0 Å². The predicted octanol–water partition coefficient (Wildman–Crippen LogP) is 2.17. The summed E-state index contributed by atoms with van der Waals surface area (Å²) in [4.78, 5) is 13.0. The Bertz CT molecular complexity index is 447. The van der Waals surface area contributed by atoms with Gasteiger partial charge in [0.1, 0.15) is 17.3 Å². The van der Waals surface area contributed by atoms with Gasteiger partial charge in [0.2, 0.25) is 0 Å². The van der Waals surface area contributed by atoms with Crippen LogP contribution in [0.15, 0.2) is 30.5 Å². The van der Waals surface area contributed by atoms with Crippen LogP contribution < -0.4 is 14.4 Å². The number of amides is 1. The van der Waals surface area contributed by atoms with Crippen LogP contribution in [-0.4, -0.2) is 26.9 Å². The lowest BCUT2D eigenvalue weighted by Gasteiger charge is -2.14. The standard InChI is InChI=1S/C12H13NO4/c1-8-7-13(12(14)17-8)9-4-10(15-2)6-11(5-9)16-3/h4-6H,1,7H2,2-3H3. The first-order valence-electron chi connectivity index (χ1n) is 5.04. The SMILES string of the molecule is C=C1CN(c2cc(OC)cc(OC)c2)C(=O)O1. The summed E-state index contributed by atoms with van der Waals surface area (Å²) in [6.45, 7) is 3.96. The van der Waals surface area contributed by atoms with Gasteiger partial charge in [0.05, 0.1) is 26.5 Å². The molecule has 0 radical (unpaired) electrons. The van der Waals surface area contributed by atoms with Gasteiger partial charge in [0.15, 0.2) is 0 Å². The Balaban J connectivity index is 2.37. The second-order valence-corrected chi connectivity index (χ2v) is 3.56. The van der Waals surface area contributed by atoms with Crippen LogP contribution in [0.3, 0.4) is 0 Å². The fourth-order valence-electron chi connectivity index (χ4n) is 1.60. The number of carbonyl (C=O) groups is 1. The fourth-order valence-corrected chi connectivity index (χ4v) is 1.60. The zero-order valence-corrected chi connectivity index (χ0v) is 9.73. The van der Waals surface area contributed by atoms with E-state index in [0.29, 0.717) is 29.5 Å². The normalized spacial score (nSPS) is 14.8. The fraction of sp³-hybridized carbons (Fsp3) is 0.250. The summed E-state index contributed by atoms with van der Waals surface area (Å²) in [7, 11) is 3.11. The van der Waals surface area contributed by atoms with Crippen molar-refractivity contribution in [1.29, 1.82) is 0 Å². The molecule has 1 aromatic rings. The minimum Gasteiger partial charge on any atom is -0.497 e. The largest absolute Gasteiger partial charge is 0.497 e. The molecule has 0 spiro atoms. The van der Waals surface area contributed by atoms with Gasteiger partial charge in [0, 0.05) is 18.2 Å². The van der Waals surface area contributed by atoms with Crippen molar-refractivity contribution in [1.82, 2.24) is 0 Å². The first-order chi connectivity index (χ1) is 8.13. The van der Waals surface area contributed by atoms with E-state index in [9.17, 15) is 4.79 Å². The Morgan fingerprint density at radius 1 is 1.24 bits per heavy atom. The summed E-state index contributed by atoms with van der Waals surface area (Å²) in [5.74, 6) is 1.66. The quantitative estimate of drug-likeness (QED) is 0.805. The number of hydrogen-bond acceptors (Lipinski definition) is 4. The van der Waals surface area contributed by atoms with E-state index in [0.717, 1.165) is 0 Å². The third kappa shape index (κ3) is 2.18. The molecule has 90 valence electrons. The first kappa shape index (κ1) is 11.3. The summed E-state index contributed by atoms with van der Waals surface area (Å²) >= 11 is 0. The van der Waals surface area contributed by atoms with Crippen LogP contribution in [-0.2, 0) is 4.74 Å². The molecule has 1 aliphatic heterocycles. The van der Waals surface area contributed by atoms with E-state index in [1.807, 2.05) is 0 Å². The average Bonchev–Trinajstić information content (AvgIpc) is 2.67. The van der Waals surface area contributed by atoms with Gasteiger partial charge in [-0.3, -0.25) is 4.90 Å². The number of cyclic esters (lactones) is 1. The number of methoxy groups -OCH3 is 2. The van der Waals surface area contributed by atoms with E-state index >= 15 is 0 Å². The molecule has 1 fully saturated rings. The average molecular weight is 235 g/mol. The summed E-state index contributed by atoms with van der Waals surface area (Å²) < 4.78 is 15.2. The summed E-state index contributed by atoms with van der Waals surface area (Å²) in [5.41, 5.74) is 0.657. The van der Waals surface area contributed by atoms with E-state index < -0.39 is 6.09 Å². The van der Waals surface area contributed by atoms with E-state index in [4.69, 9.17) is 14.2 Å². The van der Waals surface area contributed by atoms with Crippen molar-refractivity contribution in [2.24, 2.45) is 0 Å². The van der Waals surface area contributed by atoms with Crippen molar-refractivity contribution in [3.8, 4) is 11.5 Å². The highest BCUT2D eigenvalue weighted by Gasteiger charge is 2.27. The number of hydrogen-bond donors (Lipinski definition) is 0. The lowest BCUT2D eigenvalue weighted by atomic mass is 10.2. The molecule has 0 N–H and O–H groups in total. The van der Waals surface area contributed by atoms with Gasteiger partial charge < -0.3 is 14.2 Å². The molecule has 0 atom stereocenters. The van der Waals surface area contributed by atoms with Crippen molar-refractivity contribution >= 4 is 11.8 Å². The minimum absolute atomic E-state index is 0.342. The third-order valence-corrected chi connectivity index (χ3v) is 2.43. The van der Waals surface area contributed by atoms with Crippen molar-refractivity contribution in [3.63, 3.8) is 0 Å². The monoisotopic (exact) mass is 235 g/mol. The number of nitrogens with zero attached hydrogens (tertiary/aromatic N) is 1. The second-order valence-electron chi connectivity index (χ2n) is 3.56. The van der Waals surface area contributed by atoms with Gasteiger partial charge in [-0.15, -0.1) is 0 Å². The molecule has 5 heteroatoms. The van der Waals surface area contributed by atoms with Gasteiger partial charge in [-0.05, 0) is 0 Å². The topological polar surface area (TPSA) is 48.0 Å². The molecule has 1 aromatic carbocycles. The molecule has 5 nitrogen and oxygen atoms in total. The first-order valence-corrected chi connectivity index (χ1v) is 5.04. The maximum Gasteiger partial charge on any atom is 0.419 e. The highest BCUT2D eigenvalue weighted by Crippen LogP contribution is 2.31. The molecule has 1 heterocycles. The maximum atomic E-state index is 11.5. The van der Waals surface area contributed by atoms with E-state index in [1.54, 1.807) is 32.4 Å². The smallest absolute Gasteiger partial charge is 0.419 e. The molecule has 0 saturated carbocycles. The number of ether oxygens (including phenoxy) is 3. The Morgan fingerprint density at radius 3 is 2.24 bits per heavy atom. The van der Waals surface area contributed by atoms with Gasteiger partial charge in [0.25, 0.3) is 0 Å². The Kier molecular flexibility index (Phi) is 2.91. The van der Waals surface area contributed by atoms with E-state index in [-0.39, 0.29) is 0 Å². The summed E-state index contributed by atoms with van der Waals surface area (Å²) in [6.07, 6.45) is -0.440. The number of benzene rings is 1. The van der Waals surface area contributed by atoms with Gasteiger partial charge in [-0.25, -0.2) is 4.79 Å². The summed E-state index contributed by atoms with van der Waals surface area (Å²) in [6, 6.07) is 5.21. The van der Waals surface area contributed by atoms with Crippen LogP contribution in [0.5, 0.6) is 11.5 Å². The van der Waals surface area contributed by atoms with E-state index in [2.05, 4.69) is 6.58 Å². The van der Waals surface area contributed by atoms with Crippen LogP contribution in [0, 0.1) is 0 Å². The second kappa shape index (κ2) is 4.37. The number of carbonyl (C=O) groups excluding carboxylic acids is 1. The zero-order chi connectivity index (χ0) is 12.4. The summed E-state index contributed by atoms with van der Waals surface area (Å²) in [5, 5.41) is 0. The van der Waals surface area contributed by atoms with E-state index in [1.165, 1.54) is 4.90 Å². The molecule has 1 amide bonds. The van der Waals surface area contributed by atoms with Gasteiger partial charge in [-0.2, -0.15) is 0 Å². The molecule has 17 heavy (non-hydrogen) atoms. The minimum atomic E-state index is -0.440. The van der Waals surface area contributed by atoms with Gasteiger partial charge >= 0.3 is 6.09 Å². The molecular weight excluding hydrogens is 222 g/mol. The molecule has 1 saturated heterocycles. The maximum absolute atomic E-state index is 11.5. The van der Waals surface area contributed by atoms with Crippen LogP contribution in [0.1, 0.15) is 0 Å². The Morgan fingerprint density at radius 2 is 1.82 bits per heavy atom. The van der Waals surface area contributed by atoms with Crippen LogP contribution in [0.4, 0.5) is 10.5 Å². The van der Waals surface area contributed by atoms with Crippen molar-refractivity contribution in [3.05, 3.63) is 30.5 Å². The number of rotatable bonds is 3. The molecule has 1 aliphatic rings. The highest BCUT2D eigenvalue weighted by atomic mass is 16.6. The molecule has 0 bridgehead atoms. The van der Waals surface area contributed by atoms with Crippen molar-refractivity contribution < 1.29 is 19.0 Å². The Labute approximate surface area is 99.2 Å².